The van der Waals surface area contributed by atoms with Crippen LogP contribution >= 0.6 is 35.3 Å². The summed E-state index contributed by atoms with van der Waals surface area (Å²) in [5, 5.41) is 4.63. The van der Waals surface area contributed by atoms with Crippen LogP contribution in [0.2, 0.25) is 0 Å². The second kappa shape index (κ2) is 7.57. The van der Waals surface area contributed by atoms with Crippen LogP contribution < -0.4 is 0 Å². The number of aromatic nitrogens is 3. The second-order valence-corrected chi connectivity index (χ2v) is 8.40. The van der Waals surface area contributed by atoms with Gasteiger partial charge in [0.15, 0.2) is 8.29 Å². The van der Waals surface area contributed by atoms with Gasteiger partial charge < -0.3 is 4.42 Å². The van der Waals surface area contributed by atoms with Crippen molar-refractivity contribution in [2.75, 3.05) is 0 Å². The SMILES string of the molecule is Cc1oc(-c2ccccc2)nc1CSc1nn(-c2ccccc2)c(=S)s1. The Morgan fingerprint density at radius 2 is 1.77 bits per heavy atom. The van der Waals surface area contributed by atoms with Gasteiger partial charge in [0.2, 0.25) is 5.89 Å². The van der Waals surface area contributed by atoms with Crippen molar-refractivity contribution in [3.05, 3.63) is 76.1 Å². The first-order valence-electron chi connectivity index (χ1n) is 8.01. The van der Waals surface area contributed by atoms with Crippen molar-refractivity contribution in [2.45, 2.75) is 17.0 Å². The van der Waals surface area contributed by atoms with Crippen molar-refractivity contribution in [3.8, 4) is 17.1 Å². The number of hydrogen-bond acceptors (Lipinski definition) is 6. The third kappa shape index (κ3) is 3.65. The Bertz CT molecular complexity index is 1070. The Hall–Kier alpha value is -2.22. The van der Waals surface area contributed by atoms with Crippen molar-refractivity contribution >= 4 is 35.3 Å². The fourth-order valence-corrected chi connectivity index (χ4v) is 4.81. The summed E-state index contributed by atoms with van der Waals surface area (Å²) in [6, 6.07) is 19.9. The van der Waals surface area contributed by atoms with Gasteiger partial charge in [0.1, 0.15) is 5.76 Å². The summed E-state index contributed by atoms with van der Waals surface area (Å²) >= 11 is 8.58. The molecule has 0 saturated carbocycles. The van der Waals surface area contributed by atoms with Crippen LogP contribution in [0.1, 0.15) is 11.5 Å². The molecule has 0 bridgehead atoms. The lowest BCUT2D eigenvalue weighted by Gasteiger charge is -1.99. The van der Waals surface area contributed by atoms with Crippen LogP contribution in [0, 0.1) is 10.9 Å². The standard InChI is InChI=1S/C19H15N3OS3/c1-13-16(20-17(23-13)14-8-4-2-5-9-14)12-25-18-21-22(19(24)26-18)15-10-6-3-7-11-15/h2-11H,12H2,1H3. The van der Waals surface area contributed by atoms with Gasteiger partial charge in [-0.2, -0.15) is 0 Å². The van der Waals surface area contributed by atoms with E-state index in [1.165, 1.54) is 11.3 Å². The average molecular weight is 398 g/mol. The van der Waals surface area contributed by atoms with Gasteiger partial charge in [-0.1, -0.05) is 59.5 Å². The van der Waals surface area contributed by atoms with Crippen LogP contribution in [0.15, 0.2) is 69.4 Å². The second-order valence-electron chi connectivity index (χ2n) is 5.56. The Morgan fingerprint density at radius 1 is 1.08 bits per heavy atom. The molecule has 0 aliphatic rings. The zero-order valence-electron chi connectivity index (χ0n) is 14.0. The number of thioether (sulfide) groups is 1. The van der Waals surface area contributed by atoms with Crippen molar-refractivity contribution in [1.82, 2.24) is 14.8 Å². The first kappa shape index (κ1) is 17.2. The first-order chi connectivity index (χ1) is 12.7. The molecule has 2 aromatic heterocycles. The molecule has 0 fully saturated rings. The summed E-state index contributed by atoms with van der Waals surface area (Å²) < 4.78 is 9.27. The molecule has 0 saturated heterocycles. The van der Waals surface area contributed by atoms with E-state index in [2.05, 4.69) is 10.1 Å². The van der Waals surface area contributed by atoms with Gasteiger partial charge in [-0.3, -0.25) is 0 Å². The maximum atomic E-state index is 5.82. The number of aryl methyl sites for hydroxylation is 1. The number of rotatable bonds is 5. The highest BCUT2D eigenvalue weighted by molar-refractivity contribution is 8.00. The lowest BCUT2D eigenvalue weighted by atomic mass is 10.2. The summed E-state index contributed by atoms with van der Waals surface area (Å²) in [5.74, 6) is 2.18. The predicted octanol–water partition coefficient (Wildman–Crippen LogP) is 5.92. The molecule has 0 aliphatic heterocycles. The molecule has 0 amide bonds. The van der Waals surface area contributed by atoms with Crippen molar-refractivity contribution in [1.29, 1.82) is 0 Å². The smallest absolute Gasteiger partial charge is 0.226 e. The minimum absolute atomic E-state index is 0.654. The van der Waals surface area contributed by atoms with E-state index in [4.69, 9.17) is 16.6 Å². The van der Waals surface area contributed by atoms with E-state index in [1.807, 2.05) is 67.6 Å². The van der Waals surface area contributed by atoms with E-state index >= 15 is 0 Å². The van der Waals surface area contributed by atoms with Gasteiger partial charge >= 0.3 is 0 Å². The third-order valence-corrected chi connectivity index (χ3v) is 6.15. The molecule has 0 spiro atoms. The lowest BCUT2D eigenvalue weighted by Crippen LogP contribution is -1.95. The minimum atomic E-state index is 0.654. The van der Waals surface area contributed by atoms with Gasteiger partial charge in [-0.05, 0) is 43.4 Å². The number of oxazole rings is 1. The molecule has 130 valence electrons. The molecular weight excluding hydrogens is 382 g/mol. The maximum Gasteiger partial charge on any atom is 0.226 e. The molecule has 0 radical (unpaired) electrons. The van der Waals surface area contributed by atoms with Crippen LogP contribution in [0.5, 0.6) is 0 Å². The van der Waals surface area contributed by atoms with Crippen molar-refractivity contribution in [2.24, 2.45) is 0 Å². The Labute approximate surface area is 164 Å². The normalized spacial score (nSPS) is 11.0. The summed E-state index contributed by atoms with van der Waals surface area (Å²) in [5.41, 5.74) is 2.89. The summed E-state index contributed by atoms with van der Waals surface area (Å²) in [4.78, 5) is 4.64. The largest absolute Gasteiger partial charge is 0.441 e. The topological polar surface area (TPSA) is 43.9 Å². The number of hydrogen-bond donors (Lipinski definition) is 0. The summed E-state index contributed by atoms with van der Waals surface area (Å²) in [6.45, 7) is 1.94. The molecule has 0 aliphatic carbocycles. The zero-order chi connectivity index (χ0) is 17.9. The van der Waals surface area contributed by atoms with Gasteiger partial charge in [0, 0.05) is 11.3 Å². The molecule has 0 atom stereocenters. The van der Waals surface area contributed by atoms with E-state index in [1.54, 1.807) is 16.4 Å². The fraction of sp³-hybridized carbons (Fsp3) is 0.105. The van der Waals surface area contributed by atoms with Gasteiger partial charge in [0.25, 0.3) is 0 Å². The molecule has 2 aromatic carbocycles. The first-order valence-corrected chi connectivity index (χ1v) is 10.2. The van der Waals surface area contributed by atoms with Crippen molar-refractivity contribution < 1.29 is 4.42 Å². The number of nitrogens with zero attached hydrogens (tertiary/aromatic N) is 3. The van der Waals surface area contributed by atoms with E-state index in [9.17, 15) is 0 Å². The van der Waals surface area contributed by atoms with Crippen LogP contribution in [0.3, 0.4) is 0 Å². The Morgan fingerprint density at radius 3 is 2.50 bits per heavy atom. The van der Waals surface area contributed by atoms with Gasteiger partial charge in [-0.25, -0.2) is 9.67 Å². The van der Waals surface area contributed by atoms with Crippen molar-refractivity contribution in [3.63, 3.8) is 0 Å². The quantitative estimate of drug-likeness (QED) is 0.309. The molecule has 4 aromatic rings. The number of para-hydroxylation sites is 1. The van der Waals surface area contributed by atoms with Crippen LogP contribution in [-0.2, 0) is 5.75 Å². The van der Waals surface area contributed by atoms with Gasteiger partial charge in [0.05, 0.1) is 11.4 Å². The predicted molar refractivity (Wildman–Crippen MR) is 109 cm³/mol. The fourth-order valence-electron chi connectivity index (χ4n) is 2.45. The highest BCUT2D eigenvalue weighted by Gasteiger charge is 2.13. The molecule has 0 unspecified atom stereocenters. The number of benzene rings is 2. The van der Waals surface area contributed by atoms with E-state index in [0.29, 0.717) is 11.6 Å². The van der Waals surface area contributed by atoms with E-state index in [-0.39, 0.29) is 0 Å². The van der Waals surface area contributed by atoms with Crippen LogP contribution in [-0.4, -0.2) is 14.8 Å². The highest BCUT2D eigenvalue weighted by Crippen LogP contribution is 2.29. The van der Waals surface area contributed by atoms with Crippen LogP contribution in [0.25, 0.3) is 17.1 Å². The molecule has 26 heavy (non-hydrogen) atoms. The molecular formula is C19H15N3OS3. The van der Waals surface area contributed by atoms with Gasteiger partial charge in [-0.15, -0.1) is 5.10 Å². The van der Waals surface area contributed by atoms with E-state index < -0.39 is 0 Å². The third-order valence-electron chi connectivity index (χ3n) is 3.78. The van der Waals surface area contributed by atoms with E-state index in [0.717, 1.165) is 31.0 Å². The minimum Gasteiger partial charge on any atom is -0.441 e. The average Bonchev–Trinajstić information content (AvgIpc) is 3.24. The Balaban J connectivity index is 1.52. The highest BCUT2D eigenvalue weighted by atomic mass is 32.2. The lowest BCUT2D eigenvalue weighted by molar-refractivity contribution is 0.540. The molecule has 2 heterocycles. The summed E-state index contributed by atoms with van der Waals surface area (Å²) in [6.07, 6.45) is 0. The molecule has 4 nitrogen and oxygen atoms in total. The molecule has 4 rings (SSSR count). The Kier molecular flexibility index (Phi) is 5.01. The maximum absolute atomic E-state index is 5.82. The van der Waals surface area contributed by atoms with Crippen LogP contribution in [0.4, 0.5) is 0 Å². The monoisotopic (exact) mass is 397 g/mol. The molecule has 7 heteroatoms. The molecule has 0 N–H and O–H groups in total. The zero-order valence-corrected chi connectivity index (χ0v) is 16.4. The summed E-state index contributed by atoms with van der Waals surface area (Å²) in [7, 11) is 0.